The van der Waals surface area contributed by atoms with Gasteiger partial charge in [-0.1, -0.05) is 36.4 Å². The number of aryl methyl sites for hydroxylation is 2. The van der Waals surface area contributed by atoms with Crippen molar-refractivity contribution < 1.29 is 4.74 Å². The molecule has 28 heavy (non-hydrogen) atoms. The molecule has 4 heteroatoms. The number of rotatable bonds is 3. The van der Waals surface area contributed by atoms with Crippen LogP contribution in [0.15, 0.2) is 48.5 Å². The molecular formula is C24H25N3O. The number of ether oxygens (including phenoxy) is 1. The van der Waals surface area contributed by atoms with Gasteiger partial charge in [0.05, 0.1) is 18.3 Å². The normalized spacial score (nSPS) is 18.0. The molecule has 5 rings (SSSR count). The van der Waals surface area contributed by atoms with Crippen LogP contribution in [0.25, 0.3) is 11.3 Å². The van der Waals surface area contributed by atoms with Crippen LogP contribution in [0.2, 0.25) is 0 Å². The van der Waals surface area contributed by atoms with Gasteiger partial charge in [-0.25, -0.2) is 9.97 Å². The predicted molar refractivity (Wildman–Crippen MR) is 112 cm³/mol. The molecule has 0 fully saturated rings. The summed E-state index contributed by atoms with van der Waals surface area (Å²) in [6.45, 7) is 2.77. The molecule has 2 aromatic carbocycles. The molecule has 2 heterocycles. The zero-order valence-electron chi connectivity index (χ0n) is 16.2. The fourth-order valence-electron chi connectivity index (χ4n) is 4.49. The Morgan fingerprint density at radius 3 is 2.89 bits per heavy atom. The monoisotopic (exact) mass is 371 g/mol. The van der Waals surface area contributed by atoms with Crippen LogP contribution in [0.4, 0.5) is 5.82 Å². The number of fused-ring (bicyclic) bond motifs is 2. The van der Waals surface area contributed by atoms with E-state index in [0.29, 0.717) is 6.04 Å². The molecule has 0 saturated carbocycles. The molecular weight excluding hydrogens is 346 g/mol. The van der Waals surface area contributed by atoms with Gasteiger partial charge >= 0.3 is 0 Å². The van der Waals surface area contributed by atoms with Gasteiger partial charge < -0.3 is 10.1 Å². The first-order valence-electron chi connectivity index (χ1n) is 10.2. The lowest BCUT2D eigenvalue weighted by molar-refractivity contribution is 0.288. The summed E-state index contributed by atoms with van der Waals surface area (Å²) < 4.78 is 5.85. The van der Waals surface area contributed by atoms with Crippen LogP contribution in [0.5, 0.6) is 5.75 Å². The number of benzene rings is 2. The van der Waals surface area contributed by atoms with E-state index in [9.17, 15) is 0 Å². The lowest BCUT2D eigenvalue weighted by Gasteiger charge is -2.27. The van der Waals surface area contributed by atoms with E-state index in [1.165, 1.54) is 29.5 Å². The van der Waals surface area contributed by atoms with Crippen molar-refractivity contribution in [2.75, 3.05) is 11.9 Å². The molecule has 1 aliphatic heterocycles. The van der Waals surface area contributed by atoms with E-state index in [1.54, 1.807) is 0 Å². The van der Waals surface area contributed by atoms with Crippen molar-refractivity contribution in [3.05, 3.63) is 71.0 Å². The molecule has 0 amide bonds. The van der Waals surface area contributed by atoms with E-state index in [-0.39, 0.29) is 0 Å². The molecule has 0 spiro atoms. The van der Waals surface area contributed by atoms with Gasteiger partial charge in [0.1, 0.15) is 17.4 Å². The standard InChI is InChI=1S/C24H25N3O/c1-16-25-22(19-10-5-13-23-20(19)11-6-14-28-23)15-24(26-16)27-21-12-4-8-17-7-2-3-9-18(17)21/h2-3,5,7,9-10,13,15,21H,4,6,8,11-12,14H2,1H3,(H,25,26,27)/t21-/m1/s1. The highest BCUT2D eigenvalue weighted by Crippen LogP contribution is 2.36. The van der Waals surface area contributed by atoms with Gasteiger partial charge in [0, 0.05) is 17.2 Å². The zero-order chi connectivity index (χ0) is 18.9. The maximum Gasteiger partial charge on any atom is 0.130 e. The van der Waals surface area contributed by atoms with Crippen molar-refractivity contribution in [1.29, 1.82) is 0 Å². The smallest absolute Gasteiger partial charge is 0.130 e. The molecule has 1 aliphatic carbocycles. The number of anilines is 1. The Kier molecular flexibility index (Phi) is 4.47. The third-order valence-electron chi connectivity index (χ3n) is 5.77. The van der Waals surface area contributed by atoms with Gasteiger partial charge in [-0.05, 0) is 56.2 Å². The zero-order valence-corrected chi connectivity index (χ0v) is 16.2. The molecule has 4 nitrogen and oxygen atoms in total. The quantitative estimate of drug-likeness (QED) is 0.682. The highest BCUT2D eigenvalue weighted by atomic mass is 16.5. The topological polar surface area (TPSA) is 47.0 Å². The molecule has 0 radical (unpaired) electrons. The minimum Gasteiger partial charge on any atom is -0.493 e. The summed E-state index contributed by atoms with van der Waals surface area (Å²) in [5.74, 6) is 2.69. The fraction of sp³-hybridized carbons (Fsp3) is 0.333. The minimum atomic E-state index is 0.306. The molecule has 2 aliphatic rings. The molecule has 1 atom stereocenters. The summed E-state index contributed by atoms with van der Waals surface area (Å²) in [4.78, 5) is 9.43. The van der Waals surface area contributed by atoms with Gasteiger partial charge in [0.25, 0.3) is 0 Å². The van der Waals surface area contributed by atoms with Crippen molar-refractivity contribution in [2.24, 2.45) is 0 Å². The van der Waals surface area contributed by atoms with Crippen LogP contribution in [-0.4, -0.2) is 16.6 Å². The van der Waals surface area contributed by atoms with Crippen molar-refractivity contribution in [3.63, 3.8) is 0 Å². The van der Waals surface area contributed by atoms with Gasteiger partial charge in [0.2, 0.25) is 0 Å². The second kappa shape index (κ2) is 7.27. The molecule has 1 aromatic heterocycles. The second-order valence-electron chi connectivity index (χ2n) is 7.71. The summed E-state index contributed by atoms with van der Waals surface area (Å²) in [5.41, 5.74) is 6.25. The summed E-state index contributed by atoms with van der Waals surface area (Å²) in [6.07, 6.45) is 5.59. The van der Waals surface area contributed by atoms with Gasteiger partial charge in [-0.3, -0.25) is 0 Å². The van der Waals surface area contributed by atoms with Crippen LogP contribution in [0.1, 0.15) is 47.8 Å². The molecule has 1 N–H and O–H groups in total. The van der Waals surface area contributed by atoms with Crippen LogP contribution in [0, 0.1) is 6.92 Å². The summed E-state index contributed by atoms with van der Waals surface area (Å²) in [5, 5.41) is 3.69. The van der Waals surface area contributed by atoms with Gasteiger partial charge in [-0.15, -0.1) is 0 Å². The van der Waals surface area contributed by atoms with Crippen LogP contribution in [0.3, 0.4) is 0 Å². The largest absolute Gasteiger partial charge is 0.493 e. The van der Waals surface area contributed by atoms with Crippen molar-refractivity contribution >= 4 is 5.82 Å². The van der Waals surface area contributed by atoms with E-state index < -0.39 is 0 Å². The van der Waals surface area contributed by atoms with E-state index in [4.69, 9.17) is 9.72 Å². The predicted octanol–water partition coefficient (Wildman–Crippen LogP) is 5.27. The fourth-order valence-corrected chi connectivity index (χ4v) is 4.49. The van der Waals surface area contributed by atoms with Crippen LogP contribution < -0.4 is 10.1 Å². The number of hydrogen-bond acceptors (Lipinski definition) is 4. The Morgan fingerprint density at radius 2 is 1.93 bits per heavy atom. The summed E-state index contributed by atoms with van der Waals surface area (Å²) >= 11 is 0. The molecule has 3 aromatic rings. The minimum absolute atomic E-state index is 0.306. The molecule has 0 bridgehead atoms. The van der Waals surface area contributed by atoms with E-state index >= 15 is 0 Å². The van der Waals surface area contributed by atoms with Crippen LogP contribution in [-0.2, 0) is 12.8 Å². The first-order valence-corrected chi connectivity index (χ1v) is 10.2. The van der Waals surface area contributed by atoms with Crippen LogP contribution >= 0.6 is 0 Å². The van der Waals surface area contributed by atoms with Crippen molar-refractivity contribution in [2.45, 2.75) is 45.1 Å². The Hall–Kier alpha value is -2.88. The average Bonchev–Trinajstić information content (AvgIpc) is 2.73. The number of aromatic nitrogens is 2. The van der Waals surface area contributed by atoms with E-state index in [0.717, 1.165) is 54.5 Å². The molecule has 0 saturated heterocycles. The SMILES string of the molecule is Cc1nc(N[C@@H]2CCCc3ccccc32)cc(-c2cccc3c2CCCO3)n1. The van der Waals surface area contributed by atoms with E-state index in [2.05, 4.69) is 58.8 Å². The Balaban J connectivity index is 1.50. The van der Waals surface area contributed by atoms with Gasteiger partial charge in [0.15, 0.2) is 0 Å². The second-order valence-corrected chi connectivity index (χ2v) is 7.71. The molecule has 142 valence electrons. The third-order valence-corrected chi connectivity index (χ3v) is 5.77. The Bertz CT molecular complexity index is 1010. The maximum absolute atomic E-state index is 5.85. The van der Waals surface area contributed by atoms with E-state index in [1.807, 2.05) is 6.92 Å². The Labute approximate surface area is 166 Å². The first kappa shape index (κ1) is 17.2. The average molecular weight is 371 g/mol. The lowest BCUT2D eigenvalue weighted by atomic mass is 9.88. The highest BCUT2D eigenvalue weighted by Gasteiger charge is 2.21. The van der Waals surface area contributed by atoms with Crippen molar-refractivity contribution in [1.82, 2.24) is 9.97 Å². The Morgan fingerprint density at radius 1 is 1.00 bits per heavy atom. The van der Waals surface area contributed by atoms with Crippen molar-refractivity contribution in [3.8, 4) is 17.0 Å². The lowest BCUT2D eigenvalue weighted by Crippen LogP contribution is -2.18. The maximum atomic E-state index is 5.85. The number of hydrogen-bond donors (Lipinski definition) is 1. The summed E-state index contributed by atoms with van der Waals surface area (Å²) in [6, 6.07) is 17.4. The molecule has 0 unspecified atom stereocenters. The summed E-state index contributed by atoms with van der Waals surface area (Å²) in [7, 11) is 0. The first-order chi connectivity index (χ1) is 13.8. The van der Waals surface area contributed by atoms with Gasteiger partial charge in [-0.2, -0.15) is 0 Å². The highest BCUT2D eigenvalue weighted by molar-refractivity contribution is 5.69. The number of nitrogens with one attached hydrogen (secondary N) is 1. The third kappa shape index (κ3) is 3.24. The number of nitrogens with zero attached hydrogens (tertiary/aromatic N) is 2.